The second kappa shape index (κ2) is 3.55. The molecule has 0 atom stereocenters. The molecule has 0 bridgehead atoms. The van der Waals surface area contributed by atoms with Crippen molar-refractivity contribution in [3.8, 4) is 6.07 Å². The molecule has 0 amide bonds. The van der Waals surface area contributed by atoms with E-state index in [9.17, 15) is 0 Å². The molecule has 1 N–H and O–H groups in total. The zero-order valence-electron chi connectivity index (χ0n) is 8.17. The maximum absolute atomic E-state index is 8.49. The third kappa shape index (κ3) is 1.62. The summed E-state index contributed by atoms with van der Waals surface area (Å²) in [7, 11) is 0. The number of hydrogen-bond acceptors (Lipinski definition) is 1. The molecule has 0 aliphatic heterocycles. The zero-order valence-corrected chi connectivity index (χ0v) is 8.17. The molecule has 70 valence electrons. The molecule has 1 heterocycles. The van der Waals surface area contributed by atoms with Gasteiger partial charge in [-0.25, -0.2) is 0 Å². The molecular weight excluding hydrogens is 172 g/mol. The van der Waals surface area contributed by atoms with Gasteiger partial charge in [0.2, 0.25) is 0 Å². The molecule has 0 saturated heterocycles. The fourth-order valence-electron chi connectivity index (χ4n) is 1.68. The molecule has 0 aliphatic rings. The van der Waals surface area contributed by atoms with E-state index in [1.54, 1.807) is 0 Å². The van der Waals surface area contributed by atoms with Gasteiger partial charge >= 0.3 is 0 Å². The Bertz CT molecular complexity index is 488. The van der Waals surface area contributed by atoms with Gasteiger partial charge in [-0.15, -0.1) is 0 Å². The van der Waals surface area contributed by atoms with Crippen LogP contribution >= 0.6 is 0 Å². The highest BCUT2D eigenvalue weighted by atomic mass is 14.7. The van der Waals surface area contributed by atoms with Crippen molar-refractivity contribution >= 4 is 10.9 Å². The van der Waals surface area contributed by atoms with E-state index in [0.717, 1.165) is 6.42 Å². The van der Waals surface area contributed by atoms with Crippen molar-refractivity contribution in [3.05, 3.63) is 35.5 Å². The first-order valence-corrected chi connectivity index (χ1v) is 4.75. The van der Waals surface area contributed by atoms with Crippen molar-refractivity contribution < 1.29 is 0 Å². The van der Waals surface area contributed by atoms with Crippen LogP contribution in [0.25, 0.3) is 10.9 Å². The van der Waals surface area contributed by atoms with Crippen LogP contribution in [0.3, 0.4) is 0 Å². The van der Waals surface area contributed by atoms with Gasteiger partial charge in [0.1, 0.15) is 0 Å². The number of nitriles is 1. The summed E-state index contributed by atoms with van der Waals surface area (Å²) in [4.78, 5) is 3.28. The first-order chi connectivity index (χ1) is 6.79. The number of nitrogens with zero attached hydrogens (tertiary/aromatic N) is 1. The topological polar surface area (TPSA) is 39.6 Å². The highest BCUT2D eigenvalue weighted by molar-refractivity contribution is 5.81. The second-order valence-corrected chi connectivity index (χ2v) is 3.53. The molecule has 0 radical (unpaired) electrons. The number of hydrogen-bond donors (Lipinski definition) is 1. The minimum absolute atomic E-state index is 0.592. The Labute approximate surface area is 83.2 Å². The third-order valence-corrected chi connectivity index (χ3v) is 2.35. The number of rotatable bonds is 2. The van der Waals surface area contributed by atoms with Crippen LogP contribution in [-0.2, 0) is 6.42 Å². The summed E-state index contributed by atoms with van der Waals surface area (Å²) in [6.45, 7) is 2.05. The first kappa shape index (κ1) is 8.83. The normalized spacial score (nSPS) is 10.3. The second-order valence-electron chi connectivity index (χ2n) is 3.53. The Kier molecular flexibility index (Phi) is 2.24. The predicted octanol–water partition coefficient (Wildman–Crippen LogP) is 2.93. The average molecular weight is 184 g/mol. The summed E-state index contributed by atoms with van der Waals surface area (Å²) in [6, 6.07) is 10.6. The molecule has 0 fully saturated rings. The monoisotopic (exact) mass is 184 g/mol. The smallest absolute Gasteiger partial charge is 0.0625 e. The number of benzene rings is 1. The molecule has 2 nitrogen and oxygen atoms in total. The van der Waals surface area contributed by atoms with E-state index in [1.807, 2.05) is 0 Å². The predicted molar refractivity (Wildman–Crippen MR) is 57.0 cm³/mol. The van der Waals surface area contributed by atoms with Crippen LogP contribution in [0.15, 0.2) is 24.3 Å². The molecule has 0 aliphatic carbocycles. The summed E-state index contributed by atoms with van der Waals surface area (Å²) in [5, 5.41) is 9.72. The molecule has 1 aromatic carbocycles. The van der Waals surface area contributed by atoms with Crippen LogP contribution in [0, 0.1) is 18.3 Å². The van der Waals surface area contributed by atoms with E-state index >= 15 is 0 Å². The quantitative estimate of drug-likeness (QED) is 0.765. The van der Waals surface area contributed by atoms with Gasteiger partial charge in [-0.3, -0.25) is 0 Å². The van der Waals surface area contributed by atoms with Gasteiger partial charge in [0.25, 0.3) is 0 Å². The van der Waals surface area contributed by atoms with E-state index in [0.29, 0.717) is 6.42 Å². The van der Waals surface area contributed by atoms with Gasteiger partial charge in [-0.2, -0.15) is 5.26 Å². The Morgan fingerprint density at radius 3 is 3.00 bits per heavy atom. The minimum Gasteiger partial charge on any atom is -0.359 e. The van der Waals surface area contributed by atoms with Gasteiger partial charge in [-0.1, -0.05) is 6.07 Å². The number of aromatic amines is 1. The summed E-state index contributed by atoms with van der Waals surface area (Å²) >= 11 is 0. The molecule has 0 saturated carbocycles. The number of nitrogens with one attached hydrogen (secondary N) is 1. The lowest BCUT2D eigenvalue weighted by Crippen LogP contribution is -1.82. The maximum atomic E-state index is 8.49. The molecule has 2 rings (SSSR count). The largest absolute Gasteiger partial charge is 0.359 e. The number of aryl methyl sites for hydroxylation is 2. The average Bonchev–Trinajstić information content (AvgIpc) is 2.54. The summed E-state index contributed by atoms with van der Waals surface area (Å²) in [6.07, 6.45) is 1.44. The lowest BCUT2D eigenvalue weighted by Gasteiger charge is -1.96. The number of aromatic nitrogens is 1. The molecule has 2 heteroatoms. The van der Waals surface area contributed by atoms with E-state index in [4.69, 9.17) is 5.26 Å². The van der Waals surface area contributed by atoms with Crippen LogP contribution in [0.1, 0.15) is 17.7 Å². The Morgan fingerprint density at radius 1 is 1.36 bits per heavy atom. The van der Waals surface area contributed by atoms with E-state index in [2.05, 4.69) is 42.2 Å². The molecule has 14 heavy (non-hydrogen) atoms. The molecular formula is C12H12N2. The van der Waals surface area contributed by atoms with Crippen molar-refractivity contribution in [2.75, 3.05) is 0 Å². The van der Waals surface area contributed by atoms with Crippen molar-refractivity contribution in [2.45, 2.75) is 19.8 Å². The fraction of sp³-hybridized carbons (Fsp3) is 0.250. The highest BCUT2D eigenvalue weighted by Gasteiger charge is 1.98. The van der Waals surface area contributed by atoms with Crippen LogP contribution in [0.5, 0.6) is 0 Å². The van der Waals surface area contributed by atoms with Gasteiger partial charge in [-0.05, 0) is 42.5 Å². The van der Waals surface area contributed by atoms with Gasteiger partial charge < -0.3 is 4.98 Å². The minimum atomic E-state index is 0.592. The summed E-state index contributed by atoms with van der Waals surface area (Å²) in [5.41, 5.74) is 3.58. The first-order valence-electron chi connectivity index (χ1n) is 4.75. The van der Waals surface area contributed by atoms with E-state index in [-0.39, 0.29) is 0 Å². The van der Waals surface area contributed by atoms with Crippen molar-refractivity contribution in [1.82, 2.24) is 4.98 Å². The van der Waals surface area contributed by atoms with Crippen LogP contribution in [-0.4, -0.2) is 4.98 Å². The van der Waals surface area contributed by atoms with Crippen LogP contribution in [0.4, 0.5) is 0 Å². The highest BCUT2D eigenvalue weighted by Crippen LogP contribution is 2.17. The summed E-state index contributed by atoms with van der Waals surface area (Å²) < 4.78 is 0. The third-order valence-electron chi connectivity index (χ3n) is 2.35. The van der Waals surface area contributed by atoms with Gasteiger partial charge in [0.15, 0.2) is 0 Å². The van der Waals surface area contributed by atoms with Gasteiger partial charge in [0, 0.05) is 17.6 Å². The van der Waals surface area contributed by atoms with Crippen molar-refractivity contribution in [3.63, 3.8) is 0 Å². The molecule has 0 unspecified atom stereocenters. The number of H-pyrrole nitrogens is 1. The molecule has 1 aromatic heterocycles. The Balaban J connectivity index is 2.36. The fourth-order valence-corrected chi connectivity index (χ4v) is 1.68. The molecule has 2 aromatic rings. The van der Waals surface area contributed by atoms with Crippen LogP contribution < -0.4 is 0 Å². The van der Waals surface area contributed by atoms with Crippen LogP contribution in [0.2, 0.25) is 0 Å². The maximum Gasteiger partial charge on any atom is 0.0625 e. The van der Waals surface area contributed by atoms with E-state index < -0.39 is 0 Å². The van der Waals surface area contributed by atoms with Crippen molar-refractivity contribution in [2.24, 2.45) is 0 Å². The van der Waals surface area contributed by atoms with E-state index in [1.165, 1.54) is 22.2 Å². The Morgan fingerprint density at radius 2 is 2.21 bits per heavy atom. The number of fused-ring (bicyclic) bond motifs is 1. The standard InChI is InChI=1S/C12H12N2/c1-9-7-11-8-10(3-2-6-13)4-5-12(11)14-9/h4-5,7-8,14H,2-3H2,1H3. The molecule has 0 spiro atoms. The van der Waals surface area contributed by atoms with Crippen molar-refractivity contribution in [1.29, 1.82) is 5.26 Å². The van der Waals surface area contributed by atoms with Gasteiger partial charge in [0.05, 0.1) is 6.07 Å². The Hall–Kier alpha value is -1.75. The lowest BCUT2D eigenvalue weighted by molar-refractivity contribution is 1.01. The zero-order chi connectivity index (χ0) is 9.97. The SMILES string of the molecule is Cc1cc2cc(CCC#N)ccc2[nH]1. The lowest BCUT2D eigenvalue weighted by atomic mass is 10.1. The summed E-state index contributed by atoms with van der Waals surface area (Å²) in [5.74, 6) is 0.